The highest BCUT2D eigenvalue weighted by Gasteiger charge is 2.35. The molecule has 0 bridgehead atoms. The summed E-state index contributed by atoms with van der Waals surface area (Å²) >= 11 is 0. The van der Waals surface area contributed by atoms with Crippen molar-refractivity contribution in [2.45, 2.75) is 38.0 Å². The molecule has 2 aromatic rings. The zero-order chi connectivity index (χ0) is 21.8. The molecule has 0 saturated carbocycles. The first-order valence-corrected chi connectivity index (χ1v) is 10.4. The molecule has 2 saturated heterocycles. The van der Waals surface area contributed by atoms with Crippen molar-refractivity contribution >= 4 is 11.7 Å². The lowest BCUT2D eigenvalue weighted by Gasteiger charge is -2.28. The molecule has 0 aliphatic carbocycles. The summed E-state index contributed by atoms with van der Waals surface area (Å²) in [7, 11) is 0. The molecule has 10 heteroatoms. The highest BCUT2D eigenvalue weighted by molar-refractivity contribution is 5.81. The van der Waals surface area contributed by atoms with E-state index in [1.807, 2.05) is 0 Å². The quantitative estimate of drug-likeness (QED) is 0.694. The van der Waals surface area contributed by atoms with Gasteiger partial charge in [0.05, 0.1) is 12.6 Å². The first-order chi connectivity index (χ1) is 14.9. The number of hydrogen-bond acceptors (Lipinski definition) is 6. The largest absolute Gasteiger partial charge is 0.433 e. The third-order valence-corrected chi connectivity index (χ3v) is 5.48. The summed E-state index contributed by atoms with van der Waals surface area (Å²) in [5, 5.41) is 0. The summed E-state index contributed by atoms with van der Waals surface area (Å²) in [6.45, 7) is 2.19. The lowest BCUT2D eigenvalue weighted by atomic mass is 10.2. The van der Waals surface area contributed by atoms with Gasteiger partial charge in [-0.25, -0.2) is 9.97 Å². The Bertz CT molecular complexity index is 898. The number of ether oxygens (including phenoxy) is 1. The van der Waals surface area contributed by atoms with Crippen LogP contribution in [-0.4, -0.2) is 64.6 Å². The predicted molar refractivity (Wildman–Crippen MR) is 107 cm³/mol. The maximum absolute atomic E-state index is 13.6. The normalized spacial score (nSPS) is 19.1. The third-order valence-electron chi connectivity index (χ3n) is 5.48. The fourth-order valence-corrected chi connectivity index (χ4v) is 3.87. The van der Waals surface area contributed by atoms with E-state index in [1.54, 1.807) is 21.9 Å². The van der Waals surface area contributed by atoms with Gasteiger partial charge in [-0.2, -0.15) is 13.2 Å². The van der Waals surface area contributed by atoms with E-state index >= 15 is 0 Å². The van der Waals surface area contributed by atoms with Gasteiger partial charge in [0.25, 0.3) is 0 Å². The number of anilines is 1. The van der Waals surface area contributed by atoms with Gasteiger partial charge in [0.15, 0.2) is 11.5 Å². The second kappa shape index (κ2) is 9.17. The number of pyridine rings is 1. The van der Waals surface area contributed by atoms with Crippen LogP contribution >= 0.6 is 0 Å². The van der Waals surface area contributed by atoms with Crippen LogP contribution in [0.3, 0.4) is 0 Å². The fraction of sp³-hybridized carbons (Fsp3) is 0.524. The molecule has 7 nitrogen and oxygen atoms in total. The van der Waals surface area contributed by atoms with Crippen LogP contribution < -0.4 is 4.90 Å². The number of nitrogens with zero attached hydrogens (tertiary/aromatic N) is 5. The molecule has 2 aliphatic rings. The van der Waals surface area contributed by atoms with Gasteiger partial charge in [0, 0.05) is 50.3 Å². The predicted octanol–water partition coefficient (Wildman–Crippen LogP) is 3.17. The molecule has 4 heterocycles. The number of carbonyl (C=O) groups excluding carboxylic acids is 1. The molecule has 4 rings (SSSR count). The summed E-state index contributed by atoms with van der Waals surface area (Å²) in [4.78, 5) is 28.2. The average molecular weight is 435 g/mol. The smallest absolute Gasteiger partial charge is 0.376 e. The standard InChI is InChI=1S/C21H24F3N5O2/c22-21(23,24)17-11-18(27-20(26-17)15-5-3-7-25-12-15)29(13-16-6-4-10-31-16)14-19(30)28-8-1-2-9-28/h3,5,7,11-12,16H,1-2,4,6,8-10,13-14H2/t16-/m0/s1. The number of carbonyl (C=O) groups is 1. The average Bonchev–Trinajstić information content (AvgIpc) is 3.47. The second-order valence-electron chi connectivity index (χ2n) is 7.78. The van der Waals surface area contributed by atoms with E-state index < -0.39 is 11.9 Å². The molecule has 166 valence electrons. The van der Waals surface area contributed by atoms with Crippen molar-refractivity contribution in [3.8, 4) is 11.4 Å². The van der Waals surface area contributed by atoms with Crippen LogP contribution in [0.15, 0.2) is 30.6 Å². The fourth-order valence-electron chi connectivity index (χ4n) is 3.87. The number of likely N-dealkylation sites (tertiary alicyclic amines) is 1. The van der Waals surface area contributed by atoms with Gasteiger partial charge >= 0.3 is 6.18 Å². The van der Waals surface area contributed by atoms with Crippen LogP contribution in [0, 0.1) is 0 Å². The van der Waals surface area contributed by atoms with Crippen LogP contribution in [0.1, 0.15) is 31.4 Å². The Balaban J connectivity index is 1.70. The zero-order valence-corrected chi connectivity index (χ0v) is 17.0. The zero-order valence-electron chi connectivity index (χ0n) is 17.0. The molecular formula is C21H24F3N5O2. The maximum Gasteiger partial charge on any atom is 0.433 e. The van der Waals surface area contributed by atoms with Gasteiger partial charge in [-0.1, -0.05) is 0 Å². The molecule has 0 radical (unpaired) electrons. The Morgan fingerprint density at radius 3 is 2.68 bits per heavy atom. The van der Waals surface area contributed by atoms with E-state index in [-0.39, 0.29) is 30.2 Å². The van der Waals surface area contributed by atoms with Crippen molar-refractivity contribution in [1.29, 1.82) is 0 Å². The molecule has 2 aromatic heterocycles. The molecule has 0 unspecified atom stereocenters. The first kappa shape index (κ1) is 21.5. The topological polar surface area (TPSA) is 71.5 Å². The summed E-state index contributed by atoms with van der Waals surface area (Å²) in [5.41, 5.74) is -0.680. The summed E-state index contributed by atoms with van der Waals surface area (Å²) in [5.74, 6) is -0.140. The van der Waals surface area contributed by atoms with Crippen molar-refractivity contribution in [1.82, 2.24) is 19.9 Å². The minimum absolute atomic E-state index is 0.0549. The number of amides is 1. The summed E-state index contributed by atoms with van der Waals surface area (Å²) < 4.78 is 46.5. The van der Waals surface area contributed by atoms with Crippen molar-refractivity contribution in [2.75, 3.05) is 37.7 Å². The van der Waals surface area contributed by atoms with Gasteiger partial charge in [-0.05, 0) is 37.8 Å². The van der Waals surface area contributed by atoms with E-state index in [0.29, 0.717) is 31.8 Å². The van der Waals surface area contributed by atoms with Gasteiger partial charge in [-0.15, -0.1) is 0 Å². The molecular weight excluding hydrogens is 411 g/mol. The van der Waals surface area contributed by atoms with Crippen LogP contribution in [-0.2, 0) is 15.7 Å². The Hall–Kier alpha value is -2.75. The highest BCUT2D eigenvalue weighted by atomic mass is 19.4. The Kier molecular flexibility index (Phi) is 6.35. The van der Waals surface area contributed by atoms with E-state index in [4.69, 9.17) is 4.74 Å². The highest BCUT2D eigenvalue weighted by Crippen LogP contribution is 2.32. The SMILES string of the molecule is O=C(CN(C[C@@H]1CCCO1)c1cc(C(F)(F)F)nc(-c2cccnc2)n1)N1CCCC1. The van der Waals surface area contributed by atoms with E-state index in [0.717, 1.165) is 31.7 Å². The molecule has 2 fully saturated rings. The van der Waals surface area contributed by atoms with E-state index in [9.17, 15) is 18.0 Å². The minimum atomic E-state index is -4.65. The Morgan fingerprint density at radius 1 is 1.23 bits per heavy atom. The summed E-state index contributed by atoms with van der Waals surface area (Å²) in [6, 6.07) is 4.12. The minimum Gasteiger partial charge on any atom is -0.376 e. The van der Waals surface area contributed by atoms with Crippen molar-refractivity contribution in [2.24, 2.45) is 0 Å². The van der Waals surface area contributed by atoms with Crippen molar-refractivity contribution in [3.63, 3.8) is 0 Å². The first-order valence-electron chi connectivity index (χ1n) is 10.4. The molecule has 0 aromatic carbocycles. The van der Waals surface area contributed by atoms with Crippen molar-refractivity contribution < 1.29 is 22.7 Å². The number of hydrogen-bond donors (Lipinski definition) is 0. The van der Waals surface area contributed by atoms with Crippen LogP contribution in [0.4, 0.5) is 19.0 Å². The van der Waals surface area contributed by atoms with E-state index in [1.165, 1.54) is 12.4 Å². The Morgan fingerprint density at radius 2 is 2.03 bits per heavy atom. The van der Waals surface area contributed by atoms with Gasteiger partial charge in [-0.3, -0.25) is 9.78 Å². The monoisotopic (exact) mass is 435 g/mol. The lowest BCUT2D eigenvalue weighted by molar-refractivity contribution is -0.141. The molecule has 2 aliphatic heterocycles. The molecule has 1 amide bonds. The molecule has 1 atom stereocenters. The van der Waals surface area contributed by atoms with Crippen molar-refractivity contribution in [3.05, 3.63) is 36.3 Å². The Labute approximate surface area is 178 Å². The van der Waals surface area contributed by atoms with Crippen LogP contribution in [0.2, 0.25) is 0 Å². The van der Waals surface area contributed by atoms with Gasteiger partial charge in [0.1, 0.15) is 5.82 Å². The number of rotatable bonds is 6. The molecule has 0 N–H and O–H groups in total. The second-order valence-corrected chi connectivity index (χ2v) is 7.78. The third kappa shape index (κ3) is 5.30. The van der Waals surface area contributed by atoms with Gasteiger partial charge < -0.3 is 14.5 Å². The molecule has 0 spiro atoms. The van der Waals surface area contributed by atoms with Crippen LogP contribution in [0.25, 0.3) is 11.4 Å². The van der Waals surface area contributed by atoms with E-state index in [2.05, 4.69) is 15.0 Å². The van der Waals surface area contributed by atoms with Crippen LogP contribution in [0.5, 0.6) is 0 Å². The number of aromatic nitrogens is 3. The molecule has 31 heavy (non-hydrogen) atoms. The maximum atomic E-state index is 13.6. The van der Waals surface area contributed by atoms with Gasteiger partial charge in [0.2, 0.25) is 5.91 Å². The number of alkyl halides is 3. The lowest BCUT2D eigenvalue weighted by Crippen LogP contribution is -2.42. The summed E-state index contributed by atoms with van der Waals surface area (Å²) in [6.07, 6.45) is 1.69. The number of halogens is 3.